The molecule has 156 valence electrons. The molecule has 0 heterocycles. The predicted octanol–water partition coefficient (Wildman–Crippen LogP) is 6.34. The van der Waals surface area contributed by atoms with Crippen LogP contribution in [0, 0.1) is 0 Å². The van der Waals surface area contributed by atoms with Gasteiger partial charge in [0.25, 0.3) is 0 Å². The highest BCUT2D eigenvalue weighted by Crippen LogP contribution is 2.26. The van der Waals surface area contributed by atoms with Crippen LogP contribution in [0.4, 0.5) is 0 Å². The monoisotopic (exact) mass is 410 g/mol. The van der Waals surface area contributed by atoms with E-state index in [1.54, 1.807) is 12.1 Å². The van der Waals surface area contributed by atoms with E-state index in [2.05, 4.69) is 36.4 Å². The summed E-state index contributed by atoms with van der Waals surface area (Å²) in [7, 11) is 0. The van der Waals surface area contributed by atoms with Crippen molar-refractivity contribution in [2.24, 2.45) is 0 Å². The Kier molecular flexibility index (Phi) is 6.86. The van der Waals surface area contributed by atoms with Gasteiger partial charge in [0, 0.05) is 6.07 Å². The van der Waals surface area contributed by atoms with Crippen molar-refractivity contribution >= 4 is 0 Å². The van der Waals surface area contributed by atoms with Gasteiger partial charge in [-0.3, -0.25) is 0 Å². The van der Waals surface area contributed by atoms with E-state index < -0.39 is 0 Å². The SMILES string of the molecule is Oc1ccc(CCc2cc(OCc3ccccc3)cc(OCc3ccccc3)c2)cc1. The summed E-state index contributed by atoms with van der Waals surface area (Å²) in [5.41, 5.74) is 4.59. The molecule has 3 heteroatoms. The summed E-state index contributed by atoms with van der Waals surface area (Å²) < 4.78 is 12.2. The minimum Gasteiger partial charge on any atom is -0.508 e. The van der Waals surface area contributed by atoms with Crippen LogP contribution in [-0.4, -0.2) is 5.11 Å². The average Bonchev–Trinajstić information content (AvgIpc) is 2.82. The molecule has 3 nitrogen and oxygen atoms in total. The summed E-state index contributed by atoms with van der Waals surface area (Å²) in [6.07, 6.45) is 1.73. The highest BCUT2D eigenvalue weighted by molar-refractivity contribution is 5.39. The Balaban J connectivity index is 1.48. The smallest absolute Gasteiger partial charge is 0.123 e. The molecule has 4 aromatic rings. The Bertz CT molecular complexity index is 1010. The number of ether oxygens (including phenoxy) is 2. The van der Waals surface area contributed by atoms with Crippen molar-refractivity contribution < 1.29 is 14.6 Å². The first-order valence-electron chi connectivity index (χ1n) is 10.5. The molecule has 0 saturated carbocycles. The van der Waals surface area contributed by atoms with Crippen LogP contribution < -0.4 is 9.47 Å². The Morgan fingerprint density at radius 3 is 1.48 bits per heavy atom. The topological polar surface area (TPSA) is 38.7 Å². The number of phenols is 1. The van der Waals surface area contributed by atoms with E-state index in [1.165, 1.54) is 5.56 Å². The minimum absolute atomic E-state index is 0.289. The maximum Gasteiger partial charge on any atom is 0.123 e. The number of benzene rings is 4. The number of aromatic hydroxyl groups is 1. The van der Waals surface area contributed by atoms with Crippen molar-refractivity contribution in [1.29, 1.82) is 0 Å². The third-order valence-corrected chi connectivity index (χ3v) is 5.08. The summed E-state index contributed by atoms with van der Waals surface area (Å²) in [5, 5.41) is 9.49. The fraction of sp³-hybridized carbons (Fsp3) is 0.143. The fourth-order valence-electron chi connectivity index (χ4n) is 3.37. The largest absolute Gasteiger partial charge is 0.508 e. The number of hydrogen-bond acceptors (Lipinski definition) is 3. The number of phenolic OH excluding ortho intramolecular Hbond substituents is 1. The molecule has 0 bridgehead atoms. The summed E-state index contributed by atoms with van der Waals surface area (Å²) in [4.78, 5) is 0. The Morgan fingerprint density at radius 2 is 0.968 bits per heavy atom. The lowest BCUT2D eigenvalue weighted by Gasteiger charge is -2.13. The lowest BCUT2D eigenvalue weighted by molar-refractivity contribution is 0.289. The van der Waals surface area contributed by atoms with Crippen molar-refractivity contribution in [1.82, 2.24) is 0 Å². The van der Waals surface area contributed by atoms with Gasteiger partial charge in [0.2, 0.25) is 0 Å². The Hall–Kier alpha value is -3.72. The summed E-state index contributed by atoms with van der Waals surface area (Å²) in [5.74, 6) is 1.89. The van der Waals surface area contributed by atoms with Gasteiger partial charge in [-0.15, -0.1) is 0 Å². The van der Waals surface area contributed by atoms with Crippen LogP contribution in [0.25, 0.3) is 0 Å². The molecule has 4 aromatic carbocycles. The zero-order valence-electron chi connectivity index (χ0n) is 17.4. The standard InChI is InChI=1S/C28H26O3/c29-26-15-13-22(14-16-26)11-12-25-17-27(30-20-23-7-3-1-4-8-23)19-28(18-25)31-21-24-9-5-2-6-10-24/h1-10,13-19,29H,11-12,20-21H2. The van der Waals surface area contributed by atoms with Gasteiger partial charge in [0.05, 0.1) is 0 Å². The number of rotatable bonds is 9. The van der Waals surface area contributed by atoms with Crippen LogP contribution in [0.5, 0.6) is 17.2 Å². The van der Waals surface area contributed by atoms with E-state index in [9.17, 15) is 5.11 Å². The molecular formula is C28H26O3. The van der Waals surface area contributed by atoms with Gasteiger partial charge in [-0.25, -0.2) is 0 Å². The van der Waals surface area contributed by atoms with E-state index in [-0.39, 0.29) is 5.75 Å². The van der Waals surface area contributed by atoms with E-state index in [1.807, 2.05) is 54.6 Å². The Labute approximate surface area is 183 Å². The average molecular weight is 411 g/mol. The van der Waals surface area contributed by atoms with Gasteiger partial charge in [-0.1, -0.05) is 72.8 Å². The molecular weight excluding hydrogens is 384 g/mol. The molecule has 4 rings (SSSR count). The van der Waals surface area contributed by atoms with Crippen molar-refractivity contribution in [2.75, 3.05) is 0 Å². The summed E-state index contributed by atoms with van der Waals surface area (Å²) in [6.45, 7) is 1.03. The van der Waals surface area contributed by atoms with Crippen LogP contribution in [0.15, 0.2) is 103 Å². The molecule has 0 saturated heterocycles. The first-order valence-corrected chi connectivity index (χ1v) is 10.5. The van der Waals surface area contributed by atoms with E-state index in [4.69, 9.17) is 9.47 Å². The van der Waals surface area contributed by atoms with Crippen molar-refractivity contribution in [3.05, 3.63) is 125 Å². The molecule has 0 aliphatic heterocycles. The molecule has 0 aromatic heterocycles. The molecule has 0 radical (unpaired) electrons. The molecule has 0 spiro atoms. The number of aryl methyl sites for hydroxylation is 2. The maximum atomic E-state index is 9.49. The third kappa shape index (κ3) is 6.38. The summed E-state index contributed by atoms with van der Waals surface area (Å²) >= 11 is 0. The molecule has 0 atom stereocenters. The first kappa shape index (κ1) is 20.5. The lowest BCUT2D eigenvalue weighted by Crippen LogP contribution is -2.00. The number of hydrogen-bond donors (Lipinski definition) is 1. The Morgan fingerprint density at radius 1 is 0.484 bits per heavy atom. The van der Waals surface area contributed by atoms with Gasteiger partial charge < -0.3 is 14.6 Å². The molecule has 0 aliphatic carbocycles. The molecule has 31 heavy (non-hydrogen) atoms. The van der Waals surface area contributed by atoms with Crippen molar-refractivity contribution in [2.45, 2.75) is 26.1 Å². The van der Waals surface area contributed by atoms with Crippen LogP contribution >= 0.6 is 0 Å². The van der Waals surface area contributed by atoms with Gasteiger partial charge in [-0.2, -0.15) is 0 Å². The first-order chi connectivity index (χ1) is 15.2. The molecule has 0 amide bonds. The molecule has 0 unspecified atom stereocenters. The van der Waals surface area contributed by atoms with Gasteiger partial charge in [-0.05, 0) is 59.4 Å². The second-order valence-corrected chi connectivity index (χ2v) is 7.53. The van der Waals surface area contributed by atoms with E-state index >= 15 is 0 Å². The second-order valence-electron chi connectivity index (χ2n) is 7.53. The molecule has 0 aliphatic rings. The van der Waals surface area contributed by atoms with Crippen LogP contribution in [0.2, 0.25) is 0 Å². The highest BCUT2D eigenvalue weighted by atomic mass is 16.5. The molecule has 1 N–H and O–H groups in total. The fourth-order valence-corrected chi connectivity index (χ4v) is 3.37. The molecule has 0 fully saturated rings. The third-order valence-electron chi connectivity index (χ3n) is 5.08. The van der Waals surface area contributed by atoms with Crippen LogP contribution in [-0.2, 0) is 26.1 Å². The van der Waals surface area contributed by atoms with Crippen molar-refractivity contribution in [3.63, 3.8) is 0 Å². The van der Waals surface area contributed by atoms with Gasteiger partial charge in [0.1, 0.15) is 30.5 Å². The van der Waals surface area contributed by atoms with Gasteiger partial charge in [0.15, 0.2) is 0 Å². The van der Waals surface area contributed by atoms with E-state index in [0.29, 0.717) is 13.2 Å². The quantitative estimate of drug-likeness (QED) is 0.350. The van der Waals surface area contributed by atoms with Gasteiger partial charge >= 0.3 is 0 Å². The minimum atomic E-state index is 0.289. The normalized spacial score (nSPS) is 10.6. The summed E-state index contributed by atoms with van der Waals surface area (Å²) in [6, 6.07) is 33.8. The van der Waals surface area contributed by atoms with Crippen LogP contribution in [0.1, 0.15) is 22.3 Å². The predicted molar refractivity (Wildman–Crippen MR) is 124 cm³/mol. The second kappa shape index (κ2) is 10.4. The van der Waals surface area contributed by atoms with E-state index in [0.717, 1.165) is 41.0 Å². The lowest BCUT2D eigenvalue weighted by atomic mass is 10.0. The van der Waals surface area contributed by atoms with Crippen LogP contribution in [0.3, 0.4) is 0 Å². The highest BCUT2D eigenvalue weighted by Gasteiger charge is 2.06. The zero-order valence-corrected chi connectivity index (χ0v) is 17.4. The zero-order chi connectivity index (χ0) is 21.3. The van der Waals surface area contributed by atoms with Crippen molar-refractivity contribution in [3.8, 4) is 17.2 Å². The maximum absolute atomic E-state index is 9.49.